The molecular formula is C15H16FNO3. The Morgan fingerprint density at radius 1 is 1.45 bits per heavy atom. The van der Waals surface area contributed by atoms with Crippen molar-refractivity contribution in [2.24, 2.45) is 5.41 Å². The molecule has 0 spiro atoms. The van der Waals surface area contributed by atoms with Gasteiger partial charge in [-0.15, -0.1) is 0 Å². The molecule has 0 saturated carbocycles. The highest BCUT2D eigenvalue weighted by Gasteiger charge is 2.41. The minimum absolute atomic E-state index is 0.203. The number of likely N-dealkylation sites (tertiary alicyclic amines) is 1. The van der Waals surface area contributed by atoms with Crippen LogP contribution in [-0.4, -0.2) is 35.0 Å². The van der Waals surface area contributed by atoms with Crippen LogP contribution in [0.4, 0.5) is 4.39 Å². The zero-order valence-corrected chi connectivity index (χ0v) is 11.2. The van der Waals surface area contributed by atoms with Crippen molar-refractivity contribution >= 4 is 18.0 Å². The maximum absolute atomic E-state index is 13.0. The lowest BCUT2D eigenvalue weighted by atomic mass is 9.90. The second-order valence-corrected chi connectivity index (χ2v) is 5.26. The molecule has 1 heterocycles. The van der Waals surface area contributed by atoms with Crippen molar-refractivity contribution < 1.29 is 19.1 Å². The lowest BCUT2D eigenvalue weighted by Gasteiger charge is -2.18. The van der Waals surface area contributed by atoms with Crippen LogP contribution in [-0.2, 0) is 9.59 Å². The molecule has 1 saturated heterocycles. The summed E-state index contributed by atoms with van der Waals surface area (Å²) in [6.45, 7) is 2.27. The maximum Gasteiger partial charge on any atom is 0.311 e. The van der Waals surface area contributed by atoms with Gasteiger partial charge in [0.2, 0.25) is 5.91 Å². The first-order valence-electron chi connectivity index (χ1n) is 6.37. The highest BCUT2D eigenvalue weighted by Crippen LogP contribution is 2.30. The summed E-state index contributed by atoms with van der Waals surface area (Å²) >= 11 is 0. The van der Waals surface area contributed by atoms with Gasteiger partial charge in [-0.1, -0.05) is 12.1 Å². The Labute approximate surface area is 116 Å². The number of aliphatic carboxylic acids is 1. The fourth-order valence-corrected chi connectivity index (χ4v) is 2.21. The molecule has 4 nitrogen and oxygen atoms in total. The molecular weight excluding hydrogens is 261 g/mol. The van der Waals surface area contributed by atoms with E-state index in [2.05, 4.69) is 0 Å². The Balaban J connectivity index is 2.01. The molecule has 0 unspecified atom stereocenters. The van der Waals surface area contributed by atoms with Crippen LogP contribution in [0.5, 0.6) is 0 Å². The number of nitrogens with zero attached hydrogens (tertiary/aromatic N) is 1. The Bertz CT molecular complexity index is 570. The van der Waals surface area contributed by atoms with Gasteiger partial charge in [0.1, 0.15) is 5.82 Å². The third-order valence-electron chi connectivity index (χ3n) is 3.57. The molecule has 1 aliphatic heterocycles. The monoisotopic (exact) mass is 277 g/mol. The highest BCUT2D eigenvalue weighted by molar-refractivity contribution is 5.92. The number of amides is 1. The van der Waals surface area contributed by atoms with Gasteiger partial charge in [0.05, 0.1) is 5.41 Å². The molecule has 1 amide bonds. The zero-order chi connectivity index (χ0) is 14.8. The van der Waals surface area contributed by atoms with Crippen LogP contribution in [0.3, 0.4) is 0 Å². The number of benzene rings is 1. The quantitative estimate of drug-likeness (QED) is 0.861. The predicted molar refractivity (Wildman–Crippen MR) is 72.4 cm³/mol. The molecule has 20 heavy (non-hydrogen) atoms. The van der Waals surface area contributed by atoms with E-state index in [-0.39, 0.29) is 18.3 Å². The van der Waals surface area contributed by atoms with Crippen LogP contribution in [0, 0.1) is 11.2 Å². The average Bonchev–Trinajstić information content (AvgIpc) is 2.80. The van der Waals surface area contributed by atoms with Crippen LogP contribution in [0.25, 0.3) is 6.08 Å². The number of hydrogen-bond acceptors (Lipinski definition) is 2. The Morgan fingerprint density at radius 3 is 2.80 bits per heavy atom. The molecule has 1 N–H and O–H groups in total. The van der Waals surface area contributed by atoms with Gasteiger partial charge in [0, 0.05) is 19.2 Å². The predicted octanol–water partition coefficient (Wildman–Crippen LogP) is 2.16. The summed E-state index contributed by atoms with van der Waals surface area (Å²) in [5.74, 6) is -1.50. The van der Waals surface area contributed by atoms with Gasteiger partial charge in [-0.2, -0.15) is 0 Å². The molecule has 0 aliphatic carbocycles. The molecule has 1 atom stereocenters. The van der Waals surface area contributed by atoms with Crippen molar-refractivity contribution in [1.82, 2.24) is 4.90 Å². The van der Waals surface area contributed by atoms with E-state index in [1.54, 1.807) is 19.1 Å². The van der Waals surface area contributed by atoms with Crippen LogP contribution >= 0.6 is 0 Å². The molecule has 1 aliphatic rings. The van der Waals surface area contributed by atoms with Gasteiger partial charge in [-0.25, -0.2) is 4.39 Å². The molecule has 1 aromatic carbocycles. The summed E-state index contributed by atoms with van der Waals surface area (Å²) in [6, 6.07) is 5.92. The van der Waals surface area contributed by atoms with Gasteiger partial charge >= 0.3 is 5.97 Å². The van der Waals surface area contributed by atoms with Crippen molar-refractivity contribution in [2.75, 3.05) is 13.1 Å². The largest absolute Gasteiger partial charge is 0.481 e. The molecule has 0 radical (unpaired) electrons. The highest BCUT2D eigenvalue weighted by atomic mass is 19.1. The SMILES string of the molecule is C[C@@]1(C(=O)O)CCN(C(=O)/C=C\c2cccc(F)c2)C1. The van der Waals surface area contributed by atoms with E-state index in [0.717, 1.165) is 0 Å². The molecule has 0 aromatic heterocycles. The maximum atomic E-state index is 13.0. The van der Waals surface area contributed by atoms with Crippen molar-refractivity contribution in [3.8, 4) is 0 Å². The van der Waals surface area contributed by atoms with E-state index in [1.165, 1.54) is 29.2 Å². The zero-order valence-electron chi connectivity index (χ0n) is 11.2. The van der Waals surface area contributed by atoms with E-state index in [0.29, 0.717) is 18.5 Å². The van der Waals surface area contributed by atoms with E-state index in [4.69, 9.17) is 5.11 Å². The van der Waals surface area contributed by atoms with Gasteiger partial charge in [-0.05, 0) is 37.1 Å². The van der Waals surface area contributed by atoms with Crippen molar-refractivity contribution in [1.29, 1.82) is 0 Å². The molecule has 0 bridgehead atoms. The first-order chi connectivity index (χ1) is 9.40. The minimum atomic E-state index is -0.887. The topological polar surface area (TPSA) is 57.6 Å². The summed E-state index contributed by atoms with van der Waals surface area (Å²) in [7, 11) is 0. The summed E-state index contributed by atoms with van der Waals surface area (Å²) < 4.78 is 13.0. The second kappa shape index (κ2) is 5.45. The van der Waals surface area contributed by atoms with Gasteiger partial charge < -0.3 is 10.0 Å². The number of hydrogen-bond donors (Lipinski definition) is 1. The second-order valence-electron chi connectivity index (χ2n) is 5.26. The van der Waals surface area contributed by atoms with Crippen LogP contribution in [0.1, 0.15) is 18.9 Å². The number of carbonyl (C=O) groups excluding carboxylic acids is 1. The number of carboxylic acids is 1. The third kappa shape index (κ3) is 3.04. The number of halogens is 1. The van der Waals surface area contributed by atoms with Gasteiger partial charge in [0.15, 0.2) is 0 Å². The van der Waals surface area contributed by atoms with Crippen molar-refractivity contribution in [2.45, 2.75) is 13.3 Å². The first-order valence-corrected chi connectivity index (χ1v) is 6.37. The smallest absolute Gasteiger partial charge is 0.311 e. The molecule has 106 valence electrons. The van der Waals surface area contributed by atoms with Gasteiger partial charge in [0.25, 0.3) is 0 Å². The molecule has 1 fully saturated rings. The summed E-state index contributed by atoms with van der Waals surface area (Å²) in [5.41, 5.74) is -0.277. The van der Waals surface area contributed by atoms with E-state index >= 15 is 0 Å². The van der Waals surface area contributed by atoms with Crippen molar-refractivity contribution in [3.63, 3.8) is 0 Å². The lowest BCUT2D eigenvalue weighted by Crippen LogP contribution is -2.34. The average molecular weight is 277 g/mol. The Morgan fingerprint density at radius 2 is 2.20 bits per heavy atom. The van der Waals surface area contributed by atoms with Gasteiger partial charge in [-0.3, -0.25) is 9.59 Å². The fourth-order valence-electron chi connectivity index (χ4n) is 2.21. The third-order valence-corrected chi connectivity index (χ3v) is 3.57. The van der Waals surface area contributed by atoms with Crippen molar-refractivity contribution in [3.05, 3.63) is 41.7 Å². The summed E-state index contributed by atoms with van der Waals surface area (Å²) in [5, 5.41) is 9.11. The molecule has 1 aromatic rings. The number of rotatable bonds is 3. The van der Waals surface area contributed by atoms with E-state index in [9.17, 15) is 14.0 Å². The Kier molecular flexibility index (Phi) is 3.88. The van der Waals surface area contributed by atoms with E-state index in [1.807, 2.05) is 0 Å². The number of carboxylic acid groups (broad SMARTS) is 1. The normalized spacial score (nSPS) is 22.4. The minimum Gasteiger partial charge on any atom is -0.481 e. The fraction of sp³-hybridized carbons (Fsp3) is 0.333. The van der Waals surface area contributed by atoms with Crippen LogP contribution < -0.4 is 0 Å². The summed E-state index contributed by atoms with van der Waals surface area (Å²) in [4.78, 5) is 24.6. The van der Waals surface area contributed by atoms with Crippen LogP contribution in [0.2, 0.25) is 0 Å². The summed E-state index contributed by atoms with van der Waals surface area (Å²) in [6.07, 6.45) is 3.33. The standard InChI is InChI=1S/C15H16FNO3/c1-15(14(19)20)7-8-17(10-15)13(18)6-5-11-3-2-4-12(16)9-11/h2-6,9H,7-8,10H2,1H3,(H,19,20)/b6-5-/t15-/m1/s1. The van der Waals surface area contributed by atoms with Crippen LogP contribution in [0.15, 0.2) is 30.3 Å². The molecule has 2 rings (SSSR count). The first kappa shape index (κ1) is 14.2. The number of carbonyl (C=O) groups is 2. The lowest BCUT2D eigenvalue weighted by molar-refractivity contribution is -0.147. The van der Waals surface area contributed by atoms with E-state index < -0.39 is 11.4 Å². The molecule has 5 heteroatoms. The Hall–Kier alpha value is -2.17.